The van der Waals surface area contributed by atoms with Crippen LogP contribution in [0.5, 0.6) is 5.75 Å². The Balaban J connectivity index is 0.00000612. The van der Waals surface area contributed by atoms with E-state index < -0.39 is 0 Å². The number of halogens is 2. The van der Waals surface area contributed by atoms with Gasteiger partial charge in [0.1, 0.15) is 12.3 Å². The molecule has 0 bridgehead atoms. The predicted molar refractivity (Wildman–Crippen MR) is 141 cm³/mol. The second kappa shape index (κ2) is 19.8. The van der Waals surface area contributed by atoms with E-state index in [-0.39, 0.29) is 29.9 Å². The molecule has 35 heavy (non-hydrogen) atoms. The van der Waals surface area contributed by atoms with Crippen molar-refractivity contribution in [2.24, 2.45) is 0 Å². The fourth-order valence-electron chi connectivity index (χ4n) is 4.00. The van der Waals surface area contributed by atoms with Crippen LogP contribution in [0, 0.1) is 0 Å². The van der Waals surface area contributed by atoms with Gasteiger partial charge in [0.25, 0.3) is 0 Å². The molecular formula is C29H44ClIN2O2. The molecule has 1 aromatic heterocycles. The Labute approximate surface area is 235 Å². The molecule has 0 unspecified atom stereocenters. The Morgan fingerprint density at radius 2 is 1.49 bits per heavy atom. The number of rotatable bonds is 18. The van der Waals surface area contributed by atoms with E-state index in [0.717, 1.165) is 30.5 Å². The van der Waals surface area contributed by atoms with Crippen molar-refractivity contribution in [1.82, 2.24) is 5.32 Å². The van der Waals surface area contributed by atoms with Crippen molar-refractivity contribution in [2.75, 3.05) is 6.61 Å². The highest BCUT2D eigenvalue weighted by molar-refractivity contribution is 6.32. The van der Waals surface area contributed by atoms with Gasteiger partial charge in [-0.1, -0.05) is 89.3 Å². The molecule has 0 atom stereocenters. The molecule has 0 aliphatic carbocycles. The van der Waals surface area contributed by atoms with Crippen LogP contribution in [-0.4, -0.2) is 12.5 Å². The second-order valence-corrected chi connectivity index (χ2v) is 9.60. The van der Waals surface area contributed by atoms with Gasteiger partial charge < -0.3 is 34.0 Å². The van der Waals surface area contributed by atoms with Crippen molar-refractivity contribution in [3.05, 3.63) is 58.9 Å². The molecule has 0 spiro atoms. The lowest BCUT2D eigenvalue weighted by atomic mass is 10.1. The Hall–Kier alpha value is -1.34. The summed E-state index contributed by atoms with van der Waals surface area (Å²) in [7, 11) is 0. The van der Waals surface area contributed by atoms with E-state index in [1.54, 1.807) is 0 Å². The summed E-state index contributed by atoms with van der Waals surface area (Å²) in [4.78, 5) is 12.3. The summed E-state index contributed by atoms with van der Waals surface area (Å²) in [5.74, 6) is 0.687. The maximum absolute atomic E-state index is 12.3. The highest BCUT2D eigenvalue weighted by Crippen LogP contribution is 2.26. The number of unbranched alkanes of at least 4 members (excludes halogenated alkanes) is 9. The van der Waals surface area contributed by atoms with Crippen molar-refractivity contribution in [3.63, 3.8) is 0 Å². The lowest BCUT2D eigenvalue weighted by Crippen LogP contribution is -3.00. The van der Waals surface area contributed by atoms with Gasteiger partial charge in [-0.3, -0.25) is 4.79 Å². The molecule has 196 valence electrons. The molecular weight excluding hydrogens is 571 g/mol. The highest BCUT2D eigenvalue weighted by Gasteiger charge is 2.08. The number of nitrogens with zero attached hydrogens (tertiary/aromatic N) is 1. The van der Waals surface area contributed by atoms with Crippen LogP contribution in [0.1, 0.15) is 95.6 Å². The standard InChI is InChI=1S/C29H43ClN2O2.HI/c1-3-5-6-7-8-9-10-11-12-13-21-34-28-15-14-26(22-27(28)30)23-29(33)31-24-25-16-19-32(18-4-2)20-17-25;/h14-17,19-20,22H,3-13,18,21,23-24H2,1-2H3;1H. The van der Waals surface area contributed by atoms with Gasteiger partial charge in [-0.15, -0.1) is 0 Å². The number of nitrogens with one attached hydrogen (secondary N) is 1. The maximum atomic E-state index is 12.3. The lowest BCUT2D eigenvalue weighted by Gasteiger charge is -2.10. The minimum absolute atomic E-state index is 0. The zero-order valence-corrected chi connectivity index (χ0v) is 24.6. The first-order valence-corrected chi connectivity index (χ1v) is 13.7. The Morgan fingerprint density at radius 3 is 2.09 bits per heavy atom. The Morgan fingerprint density at radius 1 is 0.857 bits per heavy atom. The largest absolute Gasteiger partial charge is 1.00 e. The average molecular weight is 615 g/mol. The lowest BCUT2D eigenvalue weighted by molar-refractivity contribution is -0.697. The fraction of sp³-hybridized carbons (Fsp3) is 0.586. The van der Waals surface area contributed by atoms with E-state index in [4.69, 9.17) is 16.3 Å². The first kappa shape index (κ1) is 31.7. The van der Waals surface area contributed by atoms with Gasteiger partial charge in [0.05, 0.1) is 18.1 Å². The van der Waals surface area contributed by atoms with E-state index >= 15 is 0 Å². The van der Waals surface area contributed by atoms with E-state index in [2.05, 4.69) is 36.1 Å². The van der Waals surface area contributed by atoms with E-state index in [1.165, 1.54) is 57.8 Å². The normalized spacial score (nSPS) is 10.6. The molecule has 0 radical (unpaired) electrons. The van der Waals surface area contributed by atoms with Gasteiger partial charge in [0, 0.05) is 25.1 Å². The number of hydrogen-bond acceptors (Lipinski definition) is 2. The molecule has 0 aliphatic heterocycles. The zero-order valence-electron chi connectivity index (χ0n) is 21.7. The Bertz CT molecular complexity index is 830. The van der Waals surface area contributed by atoms with Crippen LogP contribution >= 0.6 is 11.6 Å². The van der Waals surface area contributed by atoms with Crippen molar-refractivity contribution >= 4 is 17.5 Å². The minimum atomic E-state index is -0.0135. The third-order valence-corrected chi connectivity index (χ3v) is 6.34. The number of pyridine rings is 1. The molecule has 0 fully saturated rings. The van der Waals surface area contributed by atoms with Gasteiger partial charge in [0.15, 0.2) is 12.4 Å². The van der Waals surface area contributed by atoms with Crippen LogP contribution in [0.15, 0.2) is 42.7 Å². The molecule has 0 saturated carbocycles. The third kappa shape index (κ3) is 14.1. The fourth-order valence-corrected chi connectivity index (χ4v) is 4.26. The van der Waals surface area contributed by atoms with Crippen LogP contribution in [0.4, 0.5) is 0 Å². The Kier molecular flexibility index (Phi) is 17.9. The first-order chi connectivity index (χ1) is 16.6. The molecule has 1 amide bonds. The average Bonchev–Trinajstić information content (AvgIpc) is 2.83. The summed E-state index contributed by atoms with van der Waals surface area (Å²) in [6, 6.07) is 9.74. The molecule has 1 aromatic carbocycles. The van der Waals surface area contributed by atoms with E-state index in [9.17, 15) is 4.79 Å². The molecule has 1 heterocycles. The number of amides is 1. The number of carbonyl (C=O) groups is 1. The topological polar surface area (TPSA) is 42.2 Å². The number of ether oxygens (including phenoxy) is 1. The summed E-state index contributed by atoms with van der Waals surface area (Å²) in [6.45, 7) is 6.64. The third-order valence-electron chi connectivity index (χ3n) is 6.05. The first-order valence-electron chi connectivity index (χ1n) is 13.3. The summed E-state index contributed by atoms with van der Waals surface area (Å²) in [6.07, 6.45) is 18.6. The number of benzene rings is 1. The molecule has 2 rings (SSSR count). The number of aryl methyl sites for hydroxylation is 1. The van der Waals surface area contributed by atoms with Crippen LogP contribution in [-0.2, 0) is 24.3 Å². The van der Waals surface area contributed by atoms with Crippen molar-refractivity contribution in [3.8, 4) is 5.75 Å². The van der Waals surface area contributed by atoms with Crippen molar-refractivity contribution in [2.45, 2.75) is 104 Å². The summed E-state index contributed by atoms with van der Waals surface area (Å²) in [5.41, 5.74) is 1.98. The second-order valence-electron chi connectivity index (χ2n) is 9.19. The zero-order chi connectivity index (χ0) is 24.4. The van der Waals surface area contributed by atoms with Crippen LogP contribution in [0.2, 0.25) is 5.02 Å². The highest BCUT2D eigenvalue weighted by atomic mass is 127. The maximum Gasteiger partial charge on any atom is 0.224 e. The summed E-state index contributed by atoms with van der Waals surface area (Å²) < 4.78 is 8.01. The molecule has 2 aromatic rings. The quantitative estimate of drug-likeness (QED) is 0.155. The van der Waals surface area contributed by atoms with Crippen LogP contribution in [0.3, 0.4) is 0 Å². The van der Waals surface area contributed by atoms with Gasteiger partial charge in [-0.25, -0.2) is 4.57 Å². The summed E-state index contributed by atoms with van der Waals surface area (Å²) in [5, 5.41) is 3.56. The van der Waals surface area contributed by atoms with Gasteiger partial charge in [0.2, 0.25) is 5.91 Å². The molecule has 4 nitrogen and oxygen atoms in total. The number of carbonyl (C=O) groups excluding carboxylic acids is 1. The molecule has 1 N–H and O–H groups in total. The van der Waals surface area contributed by atoms with Crippen LogP contribution in [0.25, 0.3) is 0 Å². The minimum Gasteiger partial charge on any atom is -1.00 e. The summed E-state index contributed by atoms with van der Waals surface area (Å²) >= 11 is 6.40. The van der Waals surface area contributed by atoms with Crippen LogP contribution < -0.4 is 38.6 Å². The smallest absolute Gasteiger partial charge is 0.224 e. The van der Waals surface area contributed by atoms with E-state index in [0.29, 0.717) is 30.3 Å². The van der Waals surface area contributed by atoms with Gasteiger partial charge in [-0.05, 0) is 29.7 Å². The molecule has 0 saturated heterocycles. The van der Waals surface area contributed by atoms with Gasteiger partial charge >= 0.3 is 0 Å². The number of hydrogen-bond donors (Lipinski definition) is 1. The molecule has 0 aliphatic rings. The number of aromatic nitrogens is 1. The van der Waals surface area contributed by atoms with Crippen molar-refractivity contribution < 1.29 is 38.1 Å². The predicted octanol–water partition coefficient (Wildman–Crippen LogP) is 4.20. The monoisotopic (exact) mass is 614 g/mol. The molecule has 6 heteroatoms. The van der Waals surface area contributed by atoms with Crippen molar-refractivity contribution in [1.29, 1.82) is 0 Å². The van der Waals surface area contributed by atoms with Gasteiger partial charge in [-0.2, -0.15) is 0 Å². The van der Waals surface area contributed by atoms with E-state index in [1.807, 2.05) is 30.3 Å². The SMILES string of the molecule is CCCCCCCCCCCCOc1ccc(CC(=O)NCc2cc[n+](CCC)cc2)cc1Cl.[I-].